The van der Waals surface area contributed by atoms with Crippen LogP contribution in [0.1, 0.15) is 37.8 Å². The van der Waals surface area contributed by atoms with Crippen LogP contribution in [0.3, 0.4) is 0 Å². The first kappa shape index (κ1) is 13.3. The molecule has 0 bridgehead atoms. The number of hydrogen-bond acceptors (Lipinski definition) is 4. The second kappa shape index (κ2) is 5.01. The van der Waals surface area contributed by atoms with E-state index in [9.17, 15) is 9.59 Å². The van der Waals surface area contributed by atoms with Gasteiger partial charge in [-0.1, -0.05) is 30.9 Å². The quantitative estimate of drug-likeness (QED) is 0.845. The van der Waals surface area contributed by atoms with Crippen molar-refractivity contribution < 1.29 is 9.59 Å². The van der Waals surface area contributed by atoms with Crippen LogP contribution in [0.5, 0.6) is 0 Å². The lowest BCUT2D eigenvalue weighted by molar-refractivity contribution is -0.132. The van der Waals surface area contributed by atoms with E-state index in [0.29, 0.717) is 5.69 Å². The molecule has 1 aliphatic heterocycles. The number of rotatable bonds is 2. The summed E-state index contributed by atoms with van der Waals surface area (Å²) in [5.74, 6) is -0.140. The zero-order valence-electron chi connectivity index (χ0n) is 10.9. The van der Waals surface area contributed by atoms with Gasteiger partial charge < -0.3 is 5.32 Å². The van der Waals surface area contributed by atoms with Gasteiger partial charge in [0.05, 0.1) is 12.2 Å². The van der Waals surface area contributed by atoms with Gasteiger partial charge in [0, 0.05) is 0 Å². The first-order valence-corrected chi connectivity index (χ1v) is 7.11. The molecule has 2 aliphatic rings. The minimum absolute atomic E-state index is 0.136. The topological polar surface area (TPSA) is 75.2 Å². The smallest absolute Gasteiger partial charge is 0.323 e. The van der Waals surface area contributed by atoms with E-state index in [-0.39, 0.29) is 23.6 Å². The first-order valence-electron chi connectivity index (χ1n) is 6.73. The van der Waals surface area contributed by atoms with Crippen molar-refractivity contribution in [3.8, 4) is 0 Å². The summed E-state index contributed by atoms with van der Waals surface area (Å²) in [5, 5.41) is 10.8. The van der Waals surface area contributed by atoms with Crippen LogP contribution in [0.2, 0.25) is 5.15 Å². The van der Waals surface area contributed by atoms with Crippen LogP contribution in [-0.4, -0.2) is 32.6 Å². The Labute approximate surface area is 121 Å². The number of hydrogen-bond donors (Lipinski definition) is 1. The molecule has 1 saturated carbocycles. The van der Waals surface area contributed by atoms with E-state index >= 15 is 0 Å². The van der Waals surface area contributed by atoms with Gasteiger partial charge in [0.2, 0.25) is 0 Å². The standard InChI is InChI=1S/C13H15ClN4O2/c14-10-5-4-9(16-17-10)8-18-11(19)13(15-12(18)20)6-2-1-3-7-13/h4-5H,1-3,6-8H2,(H,15,20). The van der Waals surface area contributed by atoms with Crippen LogP contribution in [0.25, 0.3) is 0 Å². The molecule has 6 nitrogen and oxygen atoms in total. The minimum Gasteiger partial charge on any atom is -0.323 e. The molecule has 1 aromatic heterocycles. The molecule has 1 aromatic rings. The Kier molecular flexibility index (Phi) is 3.33. The Morgan fingerprint density at radius 1 is 1.20 bits per heavy atom. The molecule has 7 heteroatoms. The van der Waals surface area contributed by atoms with Gasteiger partial charge in [-0.05, 0) is 25.0 Å². The predicted octanol–water partition coefficient (Wildman–Crippen LogP) is 1.88. The highest BCUT2D eigenvalue weighted by molar-refractivity contribution is 6.29. The predicted molar refractivity (Wildman–Crippen MR) is 71.9 cm³/mol. The summed E-state index contributed by atoms with van der Waals surface area (Å²) < 4.78 is 0. The summed E-state index contributed by atoms with van der Waals surface area (Å²) in [5.41, 5.74) is -0.138. The normalized spacial score (nSPS) is 21.4. The molecule has 3 rings (SSSR count). The molecule has 1 spiro atoms. The highest BCUT2D eigenvalue weighted by Gasteiger charge is 2.51. The third kappa shape index (κ3) is 2.24. The summed E-state index contributed by atoms with van der Waals surface area (Å²) in [7, 11) is 0. The Bertz CT molecular complexity index is 540. The first-order chi connectivity index (χ1) is 9.61. The van der Waals surface area contributed by atoms with Crippen LogP contribution in [0, 0.1) is 0 Å². The molecule has 2 fully saturated rings. The molecule has 1 saturated heterocycles. The number of nitrogens with zero attached hydrogens (tertiary/aromatic N) is 3. The van der Waals surface area contributed by atoms with Crippen molar-refractivity contribution in [3.63, 3.8) is 0 Å². The molecule has 0 radical (unpaired) electrons. The molecule has 0 unspecified atom stereocenters. The van der Waals surface area contributed by atoms with Crippen molar-refractivity contribution in [2.45, 2.75) is 44.2 Å². The summed E-state index contributed by atoms with van der Waals surface area (Å²) in [6.07, 6.45) is 4.51. The highest BCUT2D eigenvalue weighted by atomic mass is 35.5. The Morgan fingerprint density at radius 2 is 1.95 bits per heavy atom. The van der Waals surface area contributed by atoms with Gasteiger partial charge in [-0.25, -0.2) is 4.79 Å². The van der Waals surface area contributed by atoms with Crippen LogP contribution < -0.4 is 5.32 Å². The number of amides is 3. The molecule has 0 aromatic carbocycles. The summed E-state index contributed by atoms with van der Waals surface area (Å²) in [6.45, 7) is 0.136. The zero-order chi connectivity index (χ0) is 14.2. The summed E-state index contributed by atoms with van der Waals surface area (Å²) in [4.78, 5) is 25.8. The van der Waals surface area contributed by atoms with Gasteiger partial charge in [0.25, 0.3) is 5.91 Å². The maximum absolute atomic E-state index is 12.5. The number of nitrogens with one attached hydrogen (secondary N) is 1. The van der Waals surface area contributed by atoms with Gasteiger partial charge >= 0.3 is 6.03 Å². The monoisotopic (exact) mass is 294 g/mol. The molecular formula is C13H15ClN4O2. The van der Waals surface area contributed by atoms with E-state index < -0.39 is 5.54 Å². The number of carbonyl (C=O) groups excluding carboxylic acids is 2. The van der Waals surface area contributed by atoms with E-state index in [4.69, 9.17) is 11.6 Å². The number of aromatic nitrogens is 2. The van der Waals surface area contributed by atoms with Gasteiger partial charge in [-0.3, -0.25) is 9.69 Å². The Balaban J connectivity index is 1.78. The average Bonchev–Trinajstić information content (AvgIpc) is 2.67. The van der Waals surface area contributed by atoms with Crippen molar-refractivity contribution >= 4 is 23.5 Å². The lowest BCUT2D eigenvalue weighted by atomic mass is 9.82. The third-order valence-electron chi connectivity index (χ3n) is 3.96. The van der Waals surface area contributed by atoms with Crippen molar-refractivity contribution in [2.24, 2.45) is 0 Å². The zero-order valence-corrected chi connectivity index (χ0v) is 11.7. The molecule has 1 N–H and O–H groups in total. The van der Waals surface area contributed by atoms with Gasteiger partial charge in [-0.15, -0.1) is 5.10 Å². The van der Waals surface area contributed by atoms with Crippen LogP contribution in [-0.2, 0) is 11.3 Å². The van der Waals surface area contributed by atoms with E-state index in [1.165, 1.54) is 4.90 Å². The molecule has 20 heavy (non-hydrogen) atoms. The van der Waals surface area contributed by atoms with Gasteiger partial charge in [0.15, 0.2) is 5.15 Å². The second-order valence-corrected chi connectivity index (χ2v) is 5.70. The SMILES string of the molecule is O=C1NC2(CCCCC2)C(=O)N1Cc1ccc(Cl)nn1. The lowest BCUT2D eigenvalue weighted by Gasteiger charge is -2.30. The lowest BCUT2D eigenvalue weighted by Crippen LogP contribution is -2.48. The fraction of sp³-hybridized carbons (Fsp3) is 0.538. The molecule has 2 heterocycles. The largest absolute Gasteiger partial charge is 0.325 e. The molecule has 1 aliphatic carbocycles. The molecule has 106 valence electrons. The number of halogens is 1. The average molecular weight is 295 g/mol. The number of imide groups is 1. The minimum atomic E-state index is -0.685. The Hall–Kier alpha value is -1.69. The van der Waals surface area contributed by atoms with E-state index in [1.807, 2.05) is 0 Å². The maximum Gasteiger partial charge on any atom is 0.325 e. The fourth-order valence-corrected chi connectivity index (χ4v) is 3.00. The highest BCUT2D eigenvalue weighted by Crippen LogP contribution is 2.34. The number of urea groups is 1. The second-order valence-electron chi connectivity index (χ2n) is 5.31. The van der Waals surface area contributed by atoms with E-state index in [0.717, 1.165) is 32.1 Å². The van der Waals surface area contributed by atoms with Crippen LogP contribution in [0.15, 0.2) is 12.1 Å². The van der Waals surface area contributed by atoms with Crippen LogP contribution in [0.4, 0.5) is 4.79 Å². The third-order valence-corrected chi connectivity index (χ3v) is 4.16. The van der Waals surface area contributed by atoms with Crippen molar-refractivity contribution in [1.82, 2.24) is 20.4 Å². The molecule has 0 atom stereocenters. The molecule has 3 amide bonds. The van der Waals surface area contributed by atoms with Crippen molar-refractivity contribution in [3.05, 3.63) is 23.0 Å². The maximum atomic E-state index is 12.5. The van der Waals surface area contributed by atoms with Gasteiger partial charge in [0.1, 0.15) is 5.54 Å². The Morgan fingerprint density at radius 3 is 2.60 bits per heavy atom. The van der Waals surface area contributed by atoms with Crippen molar-refractivity contribution in [2.75, 3.05) is 0 Å². The molecular weight excluding hydrogens is 280 g/mol. The summed E-state index contributed by atoms with van der Waals surface area (Å²) >= 11 is 5.67. The van der Waals surface area contributed by atoms with E-state index in [1.54, 1.807) is 12.1 Å². The number of carbonyl (C=O) groups is 2. The summed E-state index contributed by atoms with van der Waals surface area (Å²) in [6, 6.07) is 2.93. The van der Waals surface area contributed by atoms with E-state index in [2.05, 4.69) is 15.5 Å². The van der Waals surface area contributed by atoms with Crippen LogP contribution >= 0.6 is 11.6 Å². The fourth-order valence-electron chi connectivity index (χ4n) is 2.90. The van der Waals surface area contributed by atoms with Crippen molar-refractivity contribution in [1.29, 1.82) is 0 Å². The van der Waals surface area contributed by atoms with Gasteiger partial charge in [-0.2, -0.15) is 5.10 Å².